The van der Waals surface area contributed by atoms with Crippen molar-refractivity contribution in [3.63, 3.8) is 0 Å². The molecule has 0 radical (unpaired) electrons. The van der Waals surface area contributed by atoms with Crippen molar-refractivity contribution < 1.29 is 8.78 Å². The Labute approximate surface area is 123 Å². The fraction of sp³-hybridized carbons (Fsp3) is 0.600. The third kappa shape index (κ3) is 2.36. The molecule has 1 atom stereocenters. The van der Waals surface area contributed by atoms with Gasteiger partial charge in [-0.2, -0.15) is 5.26 Å². The van der Waals surface area contributed by atoms with E-state index in [1.165, 1.54) is 12.3 Å². The van der Waals surface area contributed by atoms with E-state index in [-0.39, 0.29) is 23.6 Å². The quantitative estimate of drug-likeness (QED) is 0.797. The normalized spacial score (nSPS) is 24.4. The second kappa shape index (κ2) is 4.92. The van der Waals surface area contributed by atoms with Gasteiger partial charge in [-0.1, -0.05) is 0 Å². The molecule has 112 valence electrons. The first-order chi connectivity index (χ1) is 9.92. The molecule has 0 aliphatic carbocycles. The molecule has 1 aromatic heterocycles. The van der Waals surface area contributed by atoms with Crippen LogP contribution in [-0.4, -0.2) is 41.6 Å². The lowest BCUT2D eigenvalue weighted by Gasteiger charge is -2.48. The largest absolute Gasteiger partial charge is 0.350 e. The van der Waals surface area contributed by atoms with Gasteiger partial charge in [0.1, 0.15) is 11.9 Å². The van der Waals surface area contributed by atoms with Crippen molar-refractivity contribution in [1.29, 1.82) is 5.26 Å². The van der Waals surface area contributed by atoms with Crippen LogP contribution in [0.5, 0.6) is 0 Å². The average molecular weight is 292 g/mol. The van der Waals surface area contributed by atoms with Crippen molar-refractivity contribution in [2.24, 2.45) is 0 Å². The molecule has 4 nitrogen and oxygen atoms in total. The van der Waals surface area contributed by atoms with Gasteiger partial charge < -0.3 is 4.90 Å². The highest BCUT2D eigenvalue weighted by Gasteiger charge is 2.47. The molecule has 0 spiro atoms. The maximum absolute atomic E-state index is 14.4. The highest BCUT2D eigenvalue weighted by molar-refractivity contribution is 5.56. The van der Waals surface area contributed by atoms with E-state index in [4.69, 9.17) is 5.26 Å². The van der Waals surface area contributed by atoms with E-state index in [0.29, 0.717) is 24.9 Å². The molecule has 21 heavy (non-hydrogen) atoms. The van der Waals surface area contributed by atoms with Crippen LogP contribution in [-0.2, 0) is 5.92 Å². The number of halogens is 2. The predicted molar refractivity (Wildman–Crippen MR) is 75.3 cm³/mol. The zero-order valence-corrected chi connectivity index (χ0v) is 12.2. The van der Waals surface area contributed by atoms with E-state index in [9.17, 15) is 8.78 Å². The molecule has 0 unspecified atom stereocenters. The number of alkyl halides is 2. The van der Waals surface area contributed by atoms with Crippen LogP contribution in [0.25, 0.3) is 0 Å². The first-order valence-electron chi connectivity index (χ1n) is 7.21. The lowest BCUT2D eigenvalue weighted by Crippen LogP contribution is -2.58. The van der Waals surface area contributed by atoms with Crippen LogP contribution in [0.4, 0.5) is 14.6 Å². The molecule has 0 N–H and O–H groups in total. The zero-order chi connectivity index (χ0) is 15.2. The summed E-state index contributed by atoms with van der Waals surface area (Å²) in [6.45, 7) is 6.35. The van der Waals surface area contributed by atoms with Gasteiger partial charge in [-0.15, -0.1) is 0 Å². The van der Waals surface area contributed by atoms with Gasteiger partial charge in [-0.25, -0.2) is 13.8 Å². The van der Waals surface area contributed by atoms with Crippen molar-refractivity contribution in [2.75, 3.05) is 24.5 Å². The molecule has 1 fully saturated rings. The molecule has 3 heterocycles. The lowest BCUT2D eigenvalue weighted by atomic mass is 9.92. The minimum Gasteiger partial charge on any atom is -0.350 e. The van der Waals surface area contributed by atoms with Crippen molar-refractivity contribution in [3.8, 4) is 6.07 Å². The number of anilines is 1. The Hall–Kier alpha value is -1.74. The second-order valence-electron chi connectivity index (χ2n) is 6.05. The molecule has 6 heteroatoms. The topological polar surface area (TPSA) is 43.2 Å². The van der Waals surface area contributed by atoms with E-state index in [1.807, 2.05) is 11.0 Å². The summed E-state index contributed by atoms with van der Waals surface area (Å²) in [6.07, 6.45) is 1.17. The van der Waals surface area contributed by atoms with Crippen LogP contribution < -0.4 is 4.90 Å². The van der Waals surface area contributed by atoms with Gasteiger partial charge in [-0.3, -0.25) is 4.90 Å². The predicted octanol–water partition coefficient (Wildman–Crippen LogP) is 2.35. The number of rotatable bonds is 1. The van der Waals surface area contributed by atoms with Crippen molar-refractivity contribution in [1.82, 2.24) is 9.88 Å². The summed E-state index contributed by atoms with van der Waals surface area (Å²) < 4.78 is 28.8. The van der Waals surface area contributed by atoms with E-state index < -0.39 is 5.92 Å². The van der Waals surface area contributed by atoms with Gasteiger partial charge in [-0.05, 0) is 19.9 Å². The van der Waals surface area contributed by atoms with Crippen molar-refractivity contribution in [2.45, 2.75) is 38.3 Å². The molecule has 0 aromatic carbocycles. The Morgan fingerprint density at radius 1 is 1.43 bits per heavy atom. The van der Waals surface area contributed by atoms with E-state index in [2.05, 4.69) is 23.7 Å². The fourth-order valence-electron chi connectivity index (χ4n) is 3.22. The summed E-state index contributed by atoms with van der Waals surface area (Å²) in [5.74, 6) is -2.57. The Bertz CT molecular complexity index is 594. The van der Waals surface area contributed by atoms with Gasteiger partial charge in [0.25, 0.3) is 5.92 Å². The molecule has 2 aliphatic rings. The number of piperazine rings is 1. The Balaban J connectivity index is 1.98. The SMILES string of the molecule is CC(C)N1CCN2c3ncc(C#N)cc3C(F)(F)C[C@H]2C1. The minimum atomic E-state index is -2.92. The highest BCUT2D eigenvalue weighted by Crippen LogP contribution is 2.45. The van der Waals surface area contributed by atoms with E-state index in [1.54, 1.807) is 0 Å². The monoisotopic (exact) mass is 292 g/mol. The maximum Gasteiger partial charge on any atom is 0.278 e. The third-order valence-electron chi connectivity index (χ3n) is 4.40. The standard InChI is InChI=1S/C15H18F2N4/c1-10(2)20-3-4-21-12(9-20)6-15(16,17)13-5-11(7-18)8-19-14(13)21/h5,8,10,12H,3-4,6,9H2,1-2H3/t12-/m0/s1. The highest BCUT2D eigenvalue weighted by atomic mass is 19.3. The second-order valence-corrected chi connectivity index (χ2v) is 6.05. The third-order valence-corrected chi connectivity index (χ3v) is 4.40. The van der Waals surface area contributed by atoms with Gasteiger partial charge in [0.15, 0.2) is 0 Å². The van der Waals surface area contributed by atoms with Crippen LogP contribution in [0.1, 0.15) is 31.4 Å². The summed E-state index contributed by atoms with van der Waals surface area (Å²) in [5.41, 5.74) is 0.0866. The first-order valence-corrected chi connectivity index (χ1v) is 7.21. The summed E-state index contributed by atoms with van der Waals surface area (Å²) in [6, 6.07) is 3.31. The summed E-state index contributed by atoms with van der Waals surface area (Å²) in [4.78, 5) is 8.35. The first kappa shape index (κ1) is 14.2. The maximum atomic E-state index is 14.4. The van der Waals surface area contributed by atoms with Gasteiger partial charge in [0.05, 0.1) is 11.1 Å². The zero-order valence-electron chi connectivity index (χ0n) is 12.2. The van der Waals surface area contributed by atoms with E-state index >= 15 is 0 Å². The number of nitriles is 1. The summed E-state index contributed by atoms with van der Waals surface area (Å²) in [5, 5.41) is 8.88. The Kier molecular flexibility index (Phi) is 3.33. The molecular weight excluding hydrogens is 274 g/mol. The van der Waals surface area contributed by atoms with E-state index in [0.717, 1.165) is 6.54 Å². The summed E-state index contributed by atoms with van der Waals surface area (Å²) in [7, 11) is 0. The number of aromatic nitrogens is 1. The van der Waals surface area contributed by atoms with Crippen LogP contribution in [0.2, 0.25) is 0 Å². The van der Waals surface area contributed by atoms with Gasteiger partial charge in [0, 0.05) is 44.3 Å². The Morgan fingerprint density at radius 3 is 2.86 bits per heavy atom. The van der Waals surface area contributed by atoms with Crippen LogP contribution in [0.3, 0.4) is 0 Å². The van der Waals surface area contributed by atoms with Crippen molar-refractivity contribution >= 4 is 5.82 Å². The number of hydrogen-bond acceptors (Lipinski definition) is 4. The fourth-order valence-corrected chi connectivity index (χ4v) is 3.22. The molecule has 0 amide bonds. The average Bonchev–Trinajstić information content (AvgIpc) is 2.45. The van der Waals surface area contributed by atoms with Crippen LogP contribution in [0, 0.1) is 11.3 Å². The van der Waals surface area contributed by atoms with Gasteiger partial charge in [0.2, 0.25) is 0 Å². The number of nitrogens with zero attached hydrogens (tertiary/aromatic N) is 4. The number of fused-ring (bicyclic) bond motifs is 3. The molecule has 0 saturated carbocycles. The molecule has 3 rings (SSSR count). The number of hydrogen-bond donors (Lipinski definition) is 0. The molecular formula is C15H18F2N4. The van der Waals surface area contributed by atoms with Crippen molar-refractivity contribution in [3.05, 3.63) is 23.4 Å². The molecule has 1 saturated heterocycles. The smallest absolute Gasteiger partial charge is 0.278 e. The van der Waals surface area contributed by atoms with Crippen LogP contribution >= 0.6 is 0 Å². The van der Waals surface area contributed by atoms with Crippen LogP contribution in [0.15, 0.2) is 12.3 Å². The molecule has 1 aromatic rings. The molecule has 0 bridgehead atoms. The number of pyridine rings is 1. The summed E-state index contributed by atoms with van der Waals surface area (Å²) >= 11 is 0. The van der Waals surface area contributed by atoms with Gasteiger partial charge >= 0.3 is 0 Å². The Morgan fingerprint density at radius 2 is 2.19 bits per heavy atom. The molecule has 2 aliphatic heterocycles. The lowest BCUT2D eigenvalue weighted by molar-refractivity contribution is -0.0337. The minimum absolute atomic E-state index is 0.101.